The van der Waals surface area contributed by atoms with Gasteiger partial charge in [-0.3, -0.25) is 0 Å². The summed E-state index contributed by atoms with van der Waals surface area (Å²) in [4.78, 5) is 2.61. The summed E-state index contributed by atoms with van der Waals surface area (Å²) in [5.41, 5.74) is 5.68. The van der Waals surface area contributed by atoms with Gasteiger partial charge in [-0.25, -0.2) is 8.42 Å². The van der Waals surface area contributed by atoms with E-state index in [1.165, 1.54) is 25.9 Å². The van der Waals surface area contributed by atoms with Crippen LogP contribution in [0.3, 0.4) is 0 Å². The smallest absolute Gasteiger partial charge is 0.184 e. The Kier molecular flexibility index (Phi) is 5.22. The average molecular weight is 318 g/mol. The van der Waals surface area contributed by atoms with Gasteiger partial charge in [0.05, 0.1) is 5.75 Å². The van der Waals surface area contributed by atoms with Gasteiger partial charge in [-0.1, -0.05) is 6.92 Å². The molecule has 0 aliphatic carbocycles. The highest BCUT2D eigenvalue weighted by Gasteiger charge is 2.23. The predicted octanol–water partition coefficient (Wildman–Crippen LogP) is 1.42. The first-order chi connectivity index (χ1) is 9.54. The van der Waals surface area contributed by atoms with Gasteiger partial charge < -0.3 is 16.0 Å². The fourth-order valence-electron chi connectivity index (χ4n) is 2.36. The van der Waals surface area contributed by atoms with Gasteiger partial charge in [0.1, 0.15) is 9.90 Å². The van der Waals surface area contributed by atoms with Crippen molar-refractivity contribution < 1.29 is 8.42 Å². The number of nitrogen functional groups attached to an aromatic ring is 1. The second-order valence-electron chi connectivity index (χ2n) is 4.96. The van der Waals surface area contributed by atoms with Crippen molar-refractivity contribution in [3.05, 3.63) is 0 Å². The molecule has 8 heteroatoms. The summed E-state index contributed by atoms with van der Waals surface area (Å²) < 4.78 is 27.9. The first-order valence-electron chi connectivity index (χ1n) is 6.98. The SMILES string of the molecule is CCS(=O)(=O)c1c(N)nsc1NCCCN1CCCC1. The number of nitrogens with one attached hydrogen (secondary N) is 1. The third kappa shape index (κ3) is 3.62. The number of anilines is 2. The number of aromatic nitrogens is 1. The molecule has 0 atom stereocenters. The minimum atomic E-state index is -3.32. The largest absolute Gasteiger partial charge is 0.382 e. The third-order valence-corrected chi connectivity index (χ3v) is 6.24. The molecule has 1 fully saturated rings. The molecule has 3 N–H and O–H groups in total. The highest BCUT2D eigenvalue weighted by molar-refractivity contribution is 7.91. The van der Waals surface area contributed by atoms with E-state index in [-0.39, 0.29) is 16.5 Å². The molecule has 0 bridgehead atoms. The van der Waals surface area contributed by atoms with E-state index in [1.807, 2.05) is 0 Å². The van der Waals surface area contributed by atoms with Crippen LogP contribution in [0.2, 0.25) is 0 Å². The molecule has 0 aromatic carbocycles. The number of nitrogens with two attached hydrogens (primary N) is 1. The van der Waals surface area contributed by atoms with Crippen LogP contribution in [0.25, 0.3) is 0 Å². The van der Waals surface area contributed by atoms with E-state index in [4.69, 9.17) is 5.73 Å². The van der Waals surface area contributed by atoms with Crippen molar-refractivity contribution in [1.29, 1.82) is 0 Å². The Morgan fingerprint density at radius 2 is 2.10 bits per heavy atom. The fourth-order valence-corrected chi connectivity index (χ4v) is 4.56. The molecule has 0 unspecified atom stereocenters. The van der Waals surface area contributed by atoms with E-state index < -0.39 is 9.84 Å². The van der Waals surface area contributed by atoms with Crippen LogP contribution in [-0.4, -0.2) is 49.6 Å². The third-order valence-electron chi connectivity index (χ3n) is 3.50. The number of likely N-dealkylation sites (tertiary alicyclic amines) is 1. The van der Waals surface area contributed by atoms with Crippen molar-refractivity contribution in [2.24, 2.45) is 0 Å². The van der Waals surface area contributed by atoms with E-state index in [1.54, 1.807) is 6.92 Å². The van der Waals surface area contributed by atoms with Crippen molar-refractivity contribution in [1.82, 2.24) is 9.27 Å². The van der Waals surface area contributed by atoms with E-state index in [0.717, 1.165) is 31.0 Å². The summed E-state index contributed by atoms with van der Waals surface area (Å²) >= 11 is 1.12. The molecule has 1 aromatic rings. The van der Waals surface area contributed by atoms with Crippen LogP contribution >= 0.6 is 11.5 Å². The van der Waals surface area contributed by atoms with Gasteiger partial charge in [0.25, 0.3) is 0 Å². The van der Waals surface area contributed by atoms with Crippen LogP contribution < -0.4 is 11.1 Å². The first kappa shape index (κ1) is 15.5. The van der Waals surface area contributed by atoms with Crippen LogP contribution in [0, 0.1) is 0 Å². The Labute approximate surface area is 124 Å². The van der Waals surface area contributed by atoms with Crippen molar-refractivity contribution in [2.45, 2.75) is 31.1 Å². The molecular formula is C12H22N4O2S2. The number of rotatable bonds is 7. The van der Waals surface area contributed by atoms with Crippen LogP contribution in [-0.2, 0) is 9.84 Å². The highest BCUT2D eigenvalue weighted by Crippen LogP contribution is 2.32. The standard InChI is InChI=1S/C12H22N4O2S2/c1-2-20(17,18)10-11(13)15-19-12(10)14-6-5-9-16-7-3-4-8-16/h14H,2-9H2,1H3,(H2,13,15). The maximum Gasteiger partial charge on any atom is 0.184 e. The molecule has 1 aliphatic rings. The van der Waals surface area contributed by atoms with E-state index in [0.29, 0.717) is 5.00 Å². The molecule has 0 amide bonds. The average Bonchev–Trinajstić information content (AvgIpc) is 3.04. The molecule has 6 nitrogen and oxygen atoms in total. The second kappa shape index (κ2) is 6.73. The van der Waals surface area contributed by atoms with Crippen LogP contribution in [0.15, 0.2) is 4.90 Å². The molecule has 2 heterocycles. The maximum absolute atomic E-state index is 12.0. The lowest BCUT2D eigenvalue weighted by Gasteiger charge is -2.14. The zero-order valence-corrected chi connectivity index (χ0v) is 13.4. The molecule has 0 spiro atoms. The number of nitrogens with zero attached hydrogens (tertiary/aromatic N) is 2. The van der Waals surface area contributed by atoms with Gasteiger partial charge in [0.2, 0.25) is 0 Å². The lowest BCUT2D eigenvalue weighted by molar-refractivity contribution is 0.337. The summed E-state index contributed by atoms with van der Waals surface area (Å²) in [6.07, 6.45) is 3.57. The van der Waals surface area contributed by atoms with Crippen molar-refractivity contribution in [3.63, 3.8) is 0 Å². The minimum absolute atomic E-state index is 0.0398. The van der Waals surface area contributed by atoms with Crippen molar-refractivity contribution >= 4 is 32.2 Å². The number of sulfone groups is 1. The van der Waals surface area contributed by atoms with Gasteiger partial charge in [0, 0.05) is 6.54 Å². The monoisotopic (exact) mass is 318 g/mol. The number of hydrogen-bond acceptors (Lipinski definition) is 7. The van der Waals surface area contributed by atoms with Gasteiger partial charge >= 0.3 is 0 Å². The lowest BCUT2D eigenvalue weighted by Crippen LogP contribution is -2.22. The molecule has 0 radical (unpaired) electrons. The highest BCUT2D eigenvalue weighted by atomic mass is 32.2. The Morgan fingerprint density at radius 3 is 2.75 bits per heavy atom. The van der Waals surface area contributed by atoms with E-state index >= 15 is 0 Å². The summed E-state index contributed by atoms with van der Waals surface area (Å²) in [5.74, 6) is 0.150. The Hall–Kier alpha value is -0.860. The fraction of sp³-hybridized carbons (Fsp3) is 0.750. The van der Waals surface area contributed by atoms with Crippen LogP contribution in [0.4, 0.5) is 10.8 Å². The number of hydrogen-bond donors (Lipinski definition) is 2. The molecule has 1 saturated heterocycles. The van der Waals surface area contributed by atoms with Gasteiger partial charge in [-0.2, -0.15) is 4.37 Å². The van der Waals surface area contributed by atoms with E-state index in [2.05, 4.69) is 14.6 Å². The minimum Gasteiger partial charge on any atom is -0.382 e. The van der Waals surface area contributed by atoms with Crippen molar-refractivity contribution in [2.75, 3.05) is 43.0 Å². The molecule has 20 heavy (non-hydrogen) atoms. The quantitative estimate of drug-likeness (QED) is 0.739. The molecule has 1 aliphatic heterocycles. The second-order valence-corrected chi connectivity index (χ2v) is 7.95. The molecule has 0 saturated carbocycles. The summed E-state index contributed by atoms with van der Waals surface area (Å²) in [5, 5.41) is 3.74. The topological polar surface area (TPSA) is 88.3 Å². The summed E-state index contributed by atoms with van der Waals surface area (Å²) in [6, 6.07) is 0. The Morgan fingerprint density at radius 1 is 1.40 bits per heavy atom. The summed E-state index contributed by atoms with van der Waals surface area (Å²) in [7, 11) is -3.32. The summed E-state index contributed by atoms with van der Waals surface area (Å²) in [6.45, 7) is 5.77. The predicted molar refractivity (Wildman–Crippen MR) is 83.0 cm³/mol. The van der Waals surface area contributed by atoms with E-state index in [9.17, 15) is 8.42 Å². The normalized spacial score (nSPS) is 16.6. The Balaban J connectivity index is 1.90. The van der Waals surface area contributed by atoms with Gasteiger partial charge in [0.15, 0.2) is 15.7 Å². The first-order valence-corrected chi connectivity index (χ1v) is 9.41. The van der Waals surface area contributed by atoms with Gasteiger partial charge in [-0.05, 0) is 50.4 Å². The van der Waals surface area contributed by atoms with Crippen LogP contribution in [0.1, 0.15) is 26.2 Å². The maximum atomic E-state index is 12.0. The molecular weight excluding hydrogens is 296 g/mol. The van der Waals surface area contributed by atoms with Gasteiger partial charge in [-0.15, -0.1) is 0 Å². The molecule has 1 aromatic heterocycles. The molecule has 2 rings (SSSR count). The van der Waals surface area contributed by atoms with Crippen molar-refractivity contribution in [3.8, 4) is 0 Å². The lowest BCUT2D eigenvalue weighted by atomic mass is 10.4. The Bertz CT molecular complexity index is 536. The molecule has 114 valence electrons. The zero-order valence-electron chi connectivity index (χ0n) is 11.8. The zero-order chi connectivity index (χ0) is 14.6. The van der Waals surface area contributed by atoms with Crippen LogP contribution in [0.5, 0.6) is 0 Å².